The molecule has 0 atom stereocenters. The zero-order chi connectivity index (χ0) is 9.52. The van der Waals surface area contributed by atoms with Crippen LogP contribution in [0.1, 0.15) is 32.6 Å². The number of unbranched alkanes of at least 4 members (excludes halogenated alkanes) is 3. The monoisotopic (exact) mass is 181 g/mol. The first-order valence-electron chi connectivity index (χ1n) is 5.05. The van der Waals surface area contributed by atoms with Crippen molar-refractivity contribution in [2.45, 2.75) is 32.6 Å². The molecule has 0 fully saturated rings. The van der Waals surface area contributed by atoms with E-state index in [4.69, 9.17) is 0 Å². The Balaban J connectivity index is 2.10. The summed E-state index contributed by atoms with van der Waals surface area (Å²) in [5.41, 5.74) is 0. The Kier molecular flexibility index (Phi) is 4.36. The Morgan fingerprint density at radius 2 is 2.23 bits per heavy atom. The number of aromatic nitrogens is 2. The normalized spacial score (nSPS) is 10.3. The van der Waals surface area contributed by atoms with Crippen molar-refractivity contribution in [1.82, 2.24) is 9.55 Å². The highest BCUT2D eigenvalue weighted by atomic mass is 15.2. The zero-order valence-electron chi connectivity index (χ0n) is 8.58. The van der Waals surface area contributed by atoms with E-state index in [2.05, 4.69) is 17.2 Å². The lowest BCUT2D eigenvalue weighted by Gasteiger charge is -2.04. The van der Waals surface area contributed by atoms with Gasteiger partial charge in [0.1, 0.15) is 0 Å². The van der Waals surface area contributed by atoms with Crippen LogP contribution < -0.4 is 5.32 Å². The molecule has 1 heterocycles. The first-order chi connectivity index (χ1) is 6.34. The van der Waals surface area contributed by atoms with Crippen LogP contribution in [0.2, 0.25) is 0 Å². The van der Waals surface area contributed by atoms with E-state index in [-0.39, 0.29) is 0 Å². The fourth-order valence-electron chi connectivity index (χ4n) is 1.29. The number of imidazole rings is 1. The van der Waals surface area contributed by atoms with Crippen molar-refractivity contribution in [3.63, 3.8) is 0 Å². The van der Waals surface area contributed by atoms with Gasteiger partial charge in [-0.3, -0.25) is 0 Å². The van der Waals surface area contributed by atoms with Crippen LogP contribution in [-0.4, -0.2) is 16.1 Å². The number of aryl methyl sites for hydroxylation is 1. The van der Waals surface area contributed by atoms with Gasteiger partial charge in [0.15, 0.2) is 0 Å². The molecule has 3 nitrogen and oxygen atoms in total. The largest absolute Gasteiger partial charge is 0.356 e. The average Bonchev–Trinajstić information content (AvgIpc) is 2.52. The summed E-state index contributed by atoms with van der Waals surface area (Å²) in [6.45, 7) is 3.26. The molecular formula is C10H19N3. The molecule has 0 spiro atoms. The van der Waals surface area contributed by atoms with Crippen LogP contribution >= 0.6 is 0 Å². The SMILES string of the molecule is CCCCCCNc1nccn1C. The van der Waals surface area contributed by atoms with Gasteiger partial charge >= 0.3 is 0 Å². The van der Waals surface area contributed by atoms with E-state index in [1.807, 2.05) is 24.0 Å². The molecule has 1 rings (SSSR count). The topological polar surface area (TPSA) is 29.9 Å². The van der Waals surface area contributed by atoms with Crippen molar-refractivity contribution in [3.8, 4) is 0 Å². The quantitative estimate of drug-likeness (QED) is 0.683. The molecule has 1 aromatic heterocycles. The minimum Gasteiger partial charge on any atom is -0.356 e. The Morgan fingerprint density at radius 1 is 1.38 bits per heavy atom. The van der Waals surface area contributed by atoms with Crippen molar-refractivity contribution in [1.29, 1.82) is 0 Å². The van der Waals surface area contributed by atoms with Crippen LogP contribution in [-0.2, 0) is 7.05 Å². The third kappa shape index (κ3) is 3.49. The Labute approximate surface area is 80.2 Å². The first kappa shape index (κ1) is 10.1. The number of hydrogen-bond acceptors (Lipinski definition) is 2. The molecule has 74 valence electrons. The van der Waals surface area contributed by atoms with Gasteiger partial charge < -0.3 is 9.88 Å². The van der Waals surface area contributed by atoms with Gasteiger partial charge in [0.05, 0.1) is 0 Å². The number of anilines is 1. The molecule has 0 aromatic carbocycles. The van der Waals surface area contributed by atoms with E-state index in [1.165, 1.54) is 25.7 Å². The summed E-state index contributed by atoms with van der Waals surface area (Å²) in [7, 11) is 2.00. The summed E-state index contributed by atoms with van der Waals surface area (Å²) in [6, 6.07) is 0. The van der Waals surface area contributed by atoms with E-state index in [0.717, 1.165) is 12.5 Å². The lowest BCUT2D eigenvalue weighted by atomic mass is 10.2. The van der Waals surface area contributed by atoms with E-state index in [1.54, 1.807) is 0 Å². The van der Waals surface area contributed by atoms with E-state index < -0.39 is 0 Å². The predicted molar refractivity (Wildman–Crippen MR) is 55.8 cm³/mol. The fourth-order valence-corrected chi connectivity index (χ4v) is 1.29. The average molecular weight is 181 g/mol. The minimum absolute atomic E-state index is 0.969. The molecule has 13 heavy (non-hydrogen) atoms. The number of nitrogens with one attached hydrogen (secondary N) is 1. The van der Waals surface area contributed by atoms with Crippen molar-refractivity contribution < 1.29 is 0 Å². The van der Waals surface area contributed by atoms with Gasteiger partial charge in [-0.15, -0.1) is 0 Å². The maximum absolute atomic E-state index is 4.19. The lowest BCUT2D eigenvalue weighted by Crippen LogP contribution is -2.06. The lowest BCUT2D eigenvalue weighted by molar-refractivity contribution is 0.681. The van der Waals surface area contributed by atoms with Crippen molar-refractivity contribution >= 4 is 5.95 Å². The van der Waals surface area contributed by atoms with Crippen LogP contribution in [0.4, 0.5) is 5.95 Å². The second-order valence-corrected chi connectivity index (χ2v) is 3.35. The highest BCUT2D eigenvalue weighted by Crippen LogP contribution is 2.03. The van der Waals surface area contributed by atoms with Crippen molar-refractivity contribution in [2.75, 3.05) is 11.9 Å². The molecule has 0 bridgehead atoms. The van der Waals surface area contributed by atoms with Gasteiger partial charge in [-0.1, -0.05) is 26.2 Å². The Hall–Kier alpha value is -0.990. The van der Waals surface area contributed by atoms with Gasteiger partial charge in [0, 0.05) is 26.0 Å². The second kappa shape index (κ2) is 5.62. The van der Waals surface area contributed by atoms with Crippen LogP contribution in [0.25, 0.3) is 0 Å². The third-order valence-corrected chi connectivity index (χ3v) is 2.13. The second-order valence-electron chi connectivity index (χ2n) is 3.35. The molecule has 0 amide bonds. The summed E-state index contributed by atoms with van der Waals surface area (Å²) >= 11 is 0. The molecule has 0 aliphatic heterocycles. The Bertz CT molecular complexity index is 230. The minimum atomic E-state index is 0.969. The molecule has 0 saturated heterocycles. The van der Waals surface area contributed by atoms with E-state index in [9.17, 15) is 0 Å². The summed E-state index contributed by atoms with van der Waals surface area (Å²) in [4.78, 5) is 4.19. The molecular weight excluding hydrogens is 162 g/mol. The van der Waals surface area contributed by atoms with Crippen molar-refractivity contribution in [2.24, 2.45) is 7.05 Å². The van der Waals surface area contributed by atoms with Crippen LogP contribution in [0.3, 0.4) is 0 Å². The van der Waals surface area contributed by atoms with Gasteiger partial charge in [-0.2, -0.15) is 0 Å². The van der Waals surface area contributed by atoms with Gasteiger partial charge in [-0.25, -0.2) is 4.98 Å². The molecule has 0 radical (unpaired) electrons. The maximum Gasteiger partial charge on any atom is 0.202 e. The first-order valence-corrected chi connectivity index (χ1v) is 5.05. The van der Waals surface area contributed by atoms with Gasteiger partial charge in [0.2, 0.25) is 5.95 Å². The van der Waals surface area contributed by atoms with Gasteiger partial charge in [0.25, 0.3) is 0 Å². The molecule has 1 aromatic rings. The summed E-state index contributed by atoms with van der Waals surface area (Å²) in [5, 5.41) is 3.30. The molecule has 0 aliphatic rings. The number of nitrogens with zero attached hydrogens (tertiary/aromatic N) is 2. The zero-order valence-corrected chi connectivity index (χ0v) is 8.58. The highest BCUT2D eigenvalue weighted by molar-refractivity contribution is 5.24. The number of hydrogen-bond donors (Lipinski definition) is 1. The van der Waals surface area contributed by atoms with Gasteiger partial charge in [-0.05, 0) is 6.42 Å². The third-order valence-electron chi connectivity index (χ3n) is 2.13. The van der Waals surface area contributed by atoms with Crippen LogP contribution in [0.15, 0.2) is 12.4 Å². The summed E-state index contributed by atoms with van der Waals surface area (Å²) in [5.74, 6) is 0.969. The summed E-state index contributed by atoms with van der Waals surface area (Å²) in [6.07, 6.45) is 8.95. The maximum atomic E-state index is 4.19. The number of rotatable bonds is 6. The predicted octanol–water partition coefficient (Wildman–Crippen LogP) is 2.41. The smallest absolute Gasteiger partial charge is 0.202 e. The molecule has 0 unspecified atom stereocenters. The molecule has 1 N–H and O–H groups in total. The van der Waals surface area contributed by atoms with E-state index in [0.29, 0.717) is 0 Å². The molecule has 0 saturated carbocycles. The Morgan fingerprint density at radius 3 is 2.85 bits per heavy atom. The highest BCUT2D eigenvalue weighted by Gasteiger charge is 1.95. The van der Waals surface area contributed by atoms with Crippen LogP contribution in [0.5, 0.6) is 0 Å². The molecule has 3 heteroatoms. The standard InChI is InChI=1S/C10H19N3/c1-3-4-5-6-7-11-10-12-8-9-13(10)2/h8-9H,3-7H2,1-2H3,(H,11,12). The molecule has 0 aliphatic carbocycles. The fraction of sp³-hybridized carbons (Fsp3) is 0.700. The van der Waals surface area contributed by atoms with Crippen molar-refractivity contribution in [3.05, 3.63) is 12.4 Å². The van der Waals surface area contributed by atoms with E-state index >= 15 is 0 Å². The van der Waals surface area contributed by atoms with Crippen LogP contribution in [0, 0.1) is 0 Å². The summed E-state index contributed by atoms with van der Waals surface area (Å²) < 4.78 is 2.00.